The quantitative estimate of drug-likeness (QED) is 0.640. The third kappa shape index (κ3) is 2.12. The number of halogens is 3. The van der Waals surface area contributed by atoms with Crippen LogP contribution in [0.15, 0.2) is 18.2 Å². The van der Waals surface area contributed by atoms with Gasteiger partial charge in [-0.3, -0.25) is 5.32 Å². The number of likely N-dealkylation sites (N-methyl/N-ethyl adjacent to an activating group) is 1. The van der Waals surface area contributed by atoms with Crippen LogP contribution in [0.3, 0.4) is 0 Å². The van der Waals surface area contributed by atoms with Crippen LogP contribution in [0.1, 0.15) is 31.4 Å². The number of benzene rings is 1. The number of rotatable bonds is 2. The Hall–Kier alpha value is -2.48. The summed E-state index contributed by atoms with van der Waals surface area (Å²) < 4.78 is 47.0. The van der Waals surface area contributed by atoms with Gasteiger partial charge in [0.15, 0.2) is 5.54 Å². The average Bonchev–Trinajstić information content (AvgIpc) is 3.11. The number of alkyl halides is 3. The zero-order valence-electron chi connectivity index (χ0n) is 15.8. The van der Waals surface area contributed by atoms with Crippen LogP contribution in [-0.4, -0.2) is 56.5 Å². The summed E-state index contributed by atoms with van der Waals surface area (Å²) in [5.41, 5.74) is -6.00. The molecule has 2 bridgehead atoms. The molecule has 3 aliphatic rings. The highest BCUT2D eigenvalue weighted by molar-refractivity contribution is 6.01. The third-order valence-electron chi connectivity index (χ3n) is 6.62. The highest BCUT2D eigenvalue weighted by Gasteiger charge is 2.86. The maximum Gasteiger partial charge on any atom is 0.417 e. The van der Waals surface area contributed by atoms with Crippen molar-refractivity contribution in [3.05, 3.63) is 29.3 Å². The Balaban J connectivity index is 1.96. The summed E-state index contributed by atoms with van der Waals surface area (Å²) in [4.78, 5) is 13.3. The minimum absolute atomic E-state index is 0.144. The van der Waals surface area contributed by atoms with Crippen molar-refractivity contribution in [1.82, 2.24) is 5.32 Å². The molecule has 0 radical (unpaired) electrons. The lowest BCUT2D eigenvalue weighted by atomic mass is 9.62. The van der Waals surface area contributed by atoms with Crippen LogP contribution in [0.4, 0.5) is 18.9 Å². The number of fused-ring (bicyclic) bond motifs is 5. The molecule has 0 spiro atoms. The van der Waals surface area contributed by atoms with E-state index < -0.39 is 57.9 Å². The van der Waals surface area contributed by atoms with Gasteiger partial charge >= 0.3 is 18.0 Å². The summed E-state index contributed by atoms with van der Waals surface area (Å²) in [7, 11) is 1.49. The number of carbonyl (C=O) groups is 1. The van der Waals surface area contributed by atoms with E-state index >= 15 is 0 Å². The van der Waals surface area contributed by atoms with Gasteiger partial charge < -0.3 is 14.9 Å². The number of aliphatic hydroxyl groups is 2. The monoisotopic (exact) mass is 410 g/mol. The molecule has 0 aromatic heterocycles. The van der Waals surface area contributed by atoms with Crippen molar-refractivity contribution in [2.45, 2.75) is 49.3 Å². The fourth-order valence-electron chi connectivity index (χ4n) is 5.40. The molecule has 1 aromatic carbocycles. The van der Waals surface area contributed by atoms with Gasteiger partial charge in [-0.15, -0.1) is 0 Å². The van der Waals surface area contributed by atoms with Crippen LogP contribution in [0.2, 0.25) is 0 Å². The van der Waals surface area contributed by atoms with Crippen molar-refractivity contribution in [3.8, 4) is 6.07 Å². The second-order valence-corrected chi connectivity index (χ2v) is 8.07. The Kier molecular flexibility index (Phi) is 3.80. The molecule has 7 nitrogen and oxygen atoms in total. The fraction of sp³-hybridized carbons (Fsp3) is 0.526. The first-order chi connectivity index (χ1) is 13.4. The summed E-state index contributed by atoms with van der Waals surface area (Å²) in [6.45, 7) is 3.20. The zero-order valence-corrected chi connectivity index (χ0v) is 15.8. The van der Waals surface area contributed by atoms with Gasteiger partial charge in [0, 0.05) is 18.6 Å². The summed E-state index contributed by atoms with van der Waals surface area (Å²) in [5, 5.41) is 33.6. The summed E-state index contributed by atoms with van der Waals surface area (Å²) in [5.74, 6) is -2.15. The molecule has 0 aliphatic carbocycles. The molecule has 3 aliphatic heterocycles. The van der Waals surface area contributed by atoms with E-state index in [2.05, 4.69) is 5.32 Å². The van der Waals surface area contributed by atoms with Crippen LogP contribution in [0.5, 0.6) is 0 Å². The lowest BCUT2D eigenvalue weighted by Crippen LogP contribution is -2.71. The van der Waals surface area contributed by atoms with Crippen molar-refractivity contribution in [1.29, 1.82) is 5.26 Å². The van der Waals surface area contributed by atoms with Gasteiger partial charge in [0.05, 0.1) is 28.9 Å². The number of hydrogen-bond acceptors (Lipinski definition) is 5. The number of aliphatic hydroxyl groups excluding tert-OH is 2. The smallest absolute Gasteiger partial charge is 0.417 e. The number of ether oxygens (including phenoxy) is 1. The van der Waals surface area contributed by atoms with Gasteiger partial charge in [-0.1, -0.05) is 4.58 Å². The Labute approximate surface area is 164 Å². The predicted octanol–water partition coefficient (Wildman–Crippen LogP) is 1.60. The minimum Gasteiger partial charge on any atom is -0.461 e. The van der Waals surface area contributed by atoms with Crippen LogP contribution in [0.25, 0.3) is 0 Å². The van der Waals surface area contributed by atoms with Gasteiger partial charge in [0.2, 0.25) is 5.69 Å². The molecule has 0 saturated carbocycles. The first-order valence-corrected chi connectivity index (χ1v) is 8.96. The molecule has 3 unspecified atom stereocenters. The molecule has 29 heavy (non-hydrogen) atoms. The van der Waals surface area contributed by atoms with E-state index in [-0.39, 0.29) is 12.1 Å². The van der Waals surface area contributed by atoms with Gasteiger partial charge in [0.25, 0.3) is 0 Å². The van der Waals surface area contributed by atoms with Crippen LogP contribution in [-0.2, 0) is 15.7 Å². The van der Waals surface area contributed by atoms with E-state index in [1.54, 1.807) is 13.8 Å². The number of hydrogen-bond donors (Lipinski definition) is 3. The van der Waals surface area contributed by atoms with E-state index in [0.29, 0.717) is 6.07 Å². The molecular weight excluding hydrogens is 391 g/mol. The van der Waals surface area contributed by atoms with E-state index in [9.17, 15) is 28.2 Å². The lowest BCUT2D eigenvalue weighted by molar-refractivity contribution is -0.375. The largest absolute Gasteiger partial charge is 0.461 e. The average molecular weight is 410 g/mol. The molecular formula is C19H19F3N3O4+. The minimum atomic E-state index is -4.81. The second kappa shape index (κ2) is 5.56. The van der Waals surface area contributed by atoms with Gasteiger partial charge in [-0.05, 0) is 27.0 Å². The van der Waals surface area contributed by atoms with E-state index in [4.69, 9.17) is 10.00 Å². The standard InChI is InChI=1S/C19H18F3N3O4/c1-16-7-12(26)17(2,29-16)18(24-3)13(16)14(27)25(15(18)28)10-5-4-9(8-23)11(6-10)19(20,21)22/h4-6,12-13,24,26H,7H2,1-3H3/p+1/t12-,13?,16?,17?,18+/m0/s1. The van der Waals surface area contributed by atoms with Crippen LogP contribution < -0.4 is 5.32 Å². The molecule has 10 heteroatoms. The first-order valence-electron chi connectivity index (χ1n) is 8.96. The summed E-state index contributed by atoms with van der Waals surface area (Å²) in [6.07, 6.45) is -5.67. The Bertz CT molecular complexity index is 1020. The van der Waals surface area contributed by atoms with Crippen LogP contribution in [0, 0.1) is 17.2 Å². The Morgan fingerprint density at radius 2 is 2.03 bits per heavy atom. The molecule has 2 fully saturated rings. The van der Waals surface area contributed by atoms with Crippen LogP contribution >= 0.6 is 0 Å². The van der Waals surface area contributed by atoms with E-state index in [1.165, 1.54) is 19.2 Å². The van der Waals surface area contributed by atoms with Gasteiger partial charge in [0.1, 0.15) is 11.5 Å². The highest BCUT2D eigenvalue weighted by atomic mass is 19.4. The summed E-state index contributed by atoms with van der Waals surface area (Å²) >= 11 is 0. The Morgan fingerprint density at radius 3 is 2.59 bits per heavy atom. The molecule has 5 atom stereocenters. The van der Waals surface area contributed by atoms with Crippen molar-refractivity contribution >= 4 is 17.5 Å². The van der Waals surface area contributed by atoms with Gasteiger partial charge in [-0.2, -0.15) is 18.4 Å². The van der Waals surface area contributed by atoms with E-state index in [0.717, 1.165) is 10.6 Å². The molecule has 154 valence electrons. The van der Waals surface area contributed by atoms with Gasteiger partial charge in [-0.25, -0.2) is 4.79 Å². The number of nitrogens with zero attached hydrogens (tertiary/aromatic N) is 2. The van der Waals surface area contributed by atoms with Crippen molar-refractivity contribution < 1.29 is 37.5 Å². The maximum atomic E-state index is 13.4. The van der Waals surface area contributed by atoms with E-state index in [1.807, 2.05) is 0 Å². The Morgan fingerprint density at radius 1 is 1.38 bits per heavy atom. The SMILES string of the molecule is CN[C@@]12C(O)=[N+](c3ccc(C#N)c(C(F)(F)F)c3)C(=O)C1C1(C)C[C@H](O)C2(C)O1. The molecule has 3 N–H and O–H groups in total. The first kappa shape index (κ1) is 19.8. The highest BCUT2D eigenvalue weighted by Crippen LogP contribution is 2.62. The molecule has 3 heterocycles. The topological polar surface area (TPSA) is 106 Å². The second-order valence-electron chi connectivity index (χ2n) is 8.07. The molecule has 1 aromatic rings. The lowest BCUT2D eigenvalue weighted by Gasteiger charge is -2.41. The van der Waals surface area contributed by atoms with Crippen molar-refractivity contribution in [3.63, 3.8) is 0 Å². The summed E-state index contributed by atoms with van der Waals surface area (Å²) in [6, 6.07) is 4.29. The number of amides is 1. The number of carbonyl (C=O) groups excluding carboxylic acids is 1. The third-order valence-corrected chi connectivity index (χ3v) is 6.62. The zero-order chi connectivity index (χ0) is 21.6. The predicted molar refractivity (Wildman–Crippen MR) is 92.5 cm³/mol. The van der Waals surface area contributed by atoms with Crippen molar-refractivity contribution in [2.75, 3.05) is 7.05 Å². The van der Waals surface area contributed by atoms with Crippen molar-refractivity contribution in [2.24, 2.45) is 5.92 Å². The maximum absolute atomic E-state index is 13.4. The molecule has 1 amide bonds. The number of nitriles is 1. The normalized spacial score (nSPS) is 38.5. The fourth-order valence-corrected chi connectivity index (χ4v) is 5.40. The number of nitrogens with one attached hydrogen (secondary N) is 1. The molecule has 4 rings (SSSR count). The molecule has 2 saturated heterocycles.